The van der Waals surface area contributed by atoms with Crippen LogP contribution < -0.4 is 0 Å². The summed E-state index contributed by atoms with van der Waals surface area (Å²) >= 11 is 2.87. The standard InChI is InChI=1S/C6H4BrFO2S/c7-5-3-4(11(9)10)1-2-6(5)8/h1-3,11H. The molecule has 0 saturated carbocycles. The summed E-state index contributed by atoms with van der Waals surface area (Å²) in [4.78, 5) is 0.105. The van der Waals surface area contributed by atoms with Gasteiger partial charge in [0.25, 0.3) is 0 Å². The van der Waals surface area contributed by atoms with Crippen molar-refractivity contribution in [1.29, 1.82) is 0 Å². The maximum atomic E-state index is 12.5. The van der Waals surface area contributed by atoms with Crippen LogP contribution in [0.3, 0.4) is 0 Å². The molecule has 0 unspecified atom stereocenters. The molecule has 2 nitrogen and oxygen atoms in total. The Morgan fingerprint density at radius 3 is 2.45 bits per heavy atom. The summed E-state index contributed by atoms with van der Waals surface area (Å²) in [6.07, 6.45) is 0. The summed E-state index contributed by atoms with van der Waals surface area (Å²) in [5.41, 5.74) is 0. The highest BCUT2D eigenvalue weighted by atomic mass is 79.9. The molecule has 0 atom stereocenters. The minimum absolute atomic E-state index is 0.105. The predicted octanol–water partition coefficient (Wildman–Crippen LogP) is 1.56. The quantitative estimate of drug-likeness (QED) is 0.754. The number of rotatable bonds is 1. The van der Waals surface area contributed by atoms with Gasteiger partial charge in [-0.05, 0) is 34.1 Å². The van der Waals surface area contributed by atoms with Crippen molar-refractivity contribution in [3.63, 3.8) is 0 Å². The molecule has 0 heterocycles. The van der Waals surface area contributed by atoms with Crippen LogP contribution in [0.1, 0.15) is 0 Å². The Kier molecular flexibility index (Phi) is 2.62. The van der Waals surface area contributed by atoms with Crippen LogP contribution in [-0.2, 0) is 10.7 Å². The van der Waals surface area contributed by atoms with Gasteiger partial charge in [0, 0.05) is 0 Å². The SMILES string of the molecule is O=[SH](=O)c1ccc(F)c(Br)c1. The zero-order valence-corrected chi connectivity index (χ0v) is 7.73. The van der Waals surface area contributed by atoms with E-state index >= 15 is 0 Å². The van der Waals surface area contributed by atoms with Gasteiger partial charge >= 0.3 is 0 Å². The van der Waals surface area contributed by atoms with Crippen LogP contribution in [0.25, 0.3) is 0 Å². The lowest BCUT2D eigenvalue weighted by Gasteiger charge is -1.93. The smallest absolute Gasteiger partial charge is 0.168 e. The third-order valence-corrected chi connectivity index (χ3v) is 2.42. The zero-order chi connectivity index (χ0) is 8.43. The van der Waals surface area contributed by atoms with Crippen LogP contribution in [0.4, 0.5) is 4.39 Å². The molecule has 1 rings (SSSR count). The van der Waals surface area contributed by atoms with E-state index in [-0.39, 0.29) is 9.37 Å². The molecule has 0 aliphatic heterocycles. The Bertz CT molecular complexity index is 340. The summed E-state index contributed by atoms with van der Waals surface area (Å²) < 4.78 is 33.4. The molecule has 0 radical (unpaired) electrons. The van der Waals surface area contributed by atoms with Crippen molar-refractivity contribution in [1.82, 2.24) is 0 Å². The summed E-state index contributed by atoms with van der Waals surface area (Å²) in [6.45, 7) is 0. The molecule has 60 valence electrons. The highest BCUT2D eigenvalue weighted by molar-refractivity contribution is 9.10. The third kappa shape index (κ3) is 2.00. The van der Waals surface area contributed by atoms with Crippen molar-refractivity contribution in [2.45, 2.75) is 4.90 Å². The summed E-state index contributed by atoms with van der Waals surface area (Å²) in [5.74, 6) is -0.467. The normalized spacial score (nSPS) is 10.5. The predicted molar refractivity (Wildman–Crippen MR) is 42.7 cm³/mol. The van der Waals surface area contributed by atoms with E-state index in [1.54, 1.807) is 0 Å². The Hall–Kier alpha value is -0.420. The van der Waals surface area contributed by atoms with E-state index in [1.807, 2.05) is 0 Å². The van der Waals surface area contributed by atoms with Gasteiger partial charge < -0.3 is 0 Å². The second-order valence-electron chi connectivity index (χ2n) is 1.86. The minimum atomic E-state index is -2.62. The van der Waals surface area contributed by atoms with Crippen molar-refractivity contribution in [3.05, 3.63) is 28.5 Å². The fourth-order valence-electron chi connectivity index (χ4n) is 0.599. The lowest BCUT2D eigenvalue weighted by molar-refractivity contribution is 0.610. The number of hydrogen-bond donors (Lipinski definition) is 1. The van der Waals surface area contributed by atoms with Gasteiger partial charge in [0.2, 0.25) is 0 Å². The van der Waals surface area contributed by atoms with Crippen molar-refractivity contribution >= 4 is 26.6 Å². The topological polar surface area (TPSA) is 34.1 Å². The fourth-order valence-corrected chi connectivity index (χ4v) is 1.59. The van der Waals surface area contributed by atoms with Crippen molar-refractivity contribution in [2.24, 2.45) is 0 Å². The minimum Gasteiger partial charge on any atom is -0.227 e. The summed E-state index contributed by atoms with van der Waals surface area (Å²) in [7, 11) is -2.62. The zero-order valence-electron chi connectivity index (χ0n) is 5.25. The van der Waals surface area contributed by atoms with Crippen LogP contribution in [0.5, 0.6) is 0 Å². The highest BCUT2D eigenvalue weighted by Crippen LogP contribution is 2.17. The monoisotopic (exact) mass is 238 g/mol. The lowest BCUT2D eigenvalue weighted by atomic mass is 10.3. The Balaban J connectivity index is 3.26. The molecule has 0 fully saturated rings. The maximum absolute atomic E-state index is 12.5. The first kappa shape index (κ1) is 8.67. The highest BCUT2D eigenvalue weighted by Gasteiger charge is 2.00. The van der Waals surface area contributed by atoms with Crippen molar-refractivity contribution in [3.8, 4) is 0 Å². The largest absolute Gasteiger partial charge is 0.227 e. The average Bonchev–Trinajstić information content (AvgIpc) is 1.94. The van der Waals surface area contributed by atoms with E-state index in [9.17, 15) is 12.8 Å². The molecule has 0 N–H and O–H groups in total. The molecule has 11 heavy (non-hydrogen) atoms. The molecule has 0 bridgehead atoms. The third-order valence-electron chi connectivity index (χ3n) is 1.11. The molecule has 0 aliphatic rings. The number of thiol groups is 1. The molecule has 1 aromatic carbocycles. The van der Waals surface area contributed by atoms with Crippen LogP contribution in [0, 0.1) is 5.82 Å². The van der Waals surface area contributed by atoms with E-state index in [2.05, 4.69) is 15.9 Å². The summed E-state index contributed by atoms with van der Waals surface area (Å²) in [5, 5.41) is 0. The van der Waals surface area contributed by atoms with Crippen LogP contribution in [-0.4, -0.2) is 8.42 Å². The van der Waals surface area contributed by atoms with Crippen molar-refractivity contribution in [2.75, 3.05) is 0 Å². The fraction of sp³-hybridized carbons (Fsp3) is 0. The van der Waals surface area contributed by atoms with Crippen LogP contribution in [0.15, 0.2) is 27.6 Å². The second kappa shape index (κ2) is 3.32. The summed E-state index contributed by atoms with van der Waals surface area (Å²) in [6, 6.07) is 3.54. The number of halogens is 2. The van der Waals surface area contributed by atoms with Gasteiger partial charge in [-0.2, -0.15) is 0 Å². The van der Waals surface area contributed by atoms with Gasteiger partial charge in [-0.1, -0.05) is 0 Å². The van der Waals surface area contributed by atoms with Gasteiger partial charge in [0.05, 0.1) is 9.37 Å². The Morgan fingerprint density at radius 1 is 1.36 bits per heavy atom. The van der Waals surface area contributed by atoms with Crippen molar-refractivity contribution < 1.29 is 12.8 Å². The second-order valence-corrected chi connectivity index (χ2v) is 3.74. The first-order chi connectivity index (χ1) is 5.11. The molecule has 0 aromatic heterocycles. The van der Waals surface area contributed by atoms with Gasteiger partial charge in [-0.25, -0.2) is 12.8 Å². The van der Waals surface area contributed by atoms with E-state index in [4.69, 9.17) is 0 Å². The van der Waals surface area contributed by atoms with E-state index < -0.39 is 16.5 Å². The average molecular weight is 239 g/mol. The molecule has 0 spiro atoms. The van der Waals surface area contributed by atoms with Gasteiger partial charge in [0.1, 0.15) is 5.82 Å². The lowest BCUT2D eigenvalue weighted by Crippen LogP contribution is -1.82. The maximum Gasteiger partial charge on any atom is 0.168 e. The molecule has 1 aromatic rings. The molecule has 5 heteroatoms. The Morgan fingerprint density at radius 2 is 2.00 bits per heavy atom. The van der Waals surface area contributed by atoms with E-state index in [0.29, 0.717) is 0 Å². The van der Waals surface area contributed by atoms with Crippen LogP contribution in [0.2, 0.25) is 0 Å². The van der Waals surface area contributed by atoms with Gasteiger partial charge in [0.15, 0.2) is 10.7 Å². The first-order valence-electron chi connectivity index (χ1n) is 2.70. The number of hydrogen-bond acceptors (Lipinski definition) is 2. The van der Waals surface area contributed by atoms with E-state index in [1.165, 1.54) is 12.1 Å². The number of benzene rings is 1. The van der Waals surface area contributed by atoms with E-state index in [0.717, 1.165) is 6.07 Å². The molecule has 0 saturated heterocycles. The van der Waals surface area contributed by atoms with Gasteiger partial charge in [-0.3, -0.25) is 0 Å². The van der Waals surface area contributed by atoms with Gasteiger partial charge in [-0.15, -0.1) is 0 Å². The molecule has 0 amide bonds. The molecular weight excluding hydrogens is 235 g/mol. The molecule has 0 aliphatic carbocycles. The molecular formula is C6H4BrFO2S. The van der Waals surface area contributed by atoms with Crippen LogP contribution >= 0.6 is 15.9 Å². The first-order valence-corrected chi connectivity index (χ1v) is 4.68. The Labute approximate surface area is 73.1 Å².